The van der Waals surface area contributed by atoms with E-state index in [2.05, 4.69) is 11.4 Å². The second-order valence-electron chi connectivity index (χ2n) is 6.50. The minimum atomic E-state index is -0.324. The molecule has 1 fully saturated rings. The third-order valence-corrected chi connectivity index (χ3v) is 6.11. The summed E-state index contributed by atoms with van der Waals surface area (Å²) < 4.78 is 0. The normalized spacial score (nSPS) is 18.2. The molecule has 1 saturated carbocycles. The molecule has 0 radical (unpaired) electrons. The Labute approximate surface area is 145 Å². The van der Waals surface area contributed by atoms with Crippen LogP contribution in [0.1, 0.15) is 36.6 Å². The summed E-state index contributed by atoms with van der Waals surface area (Å²) in [5.41, 5.74) is 2.61. The molecule has 4 rings (SSSR count). The maximum Gasteiger partial charge on any atom is 0.235 e. The maximum atomic E-state index is 12.8. The van der Waals surface area contributed by atoms with Crippen molar-refractivity contribution in [3.63, 3.8) is 0 Å². The Bertz CT molecular complexity index is 794. The van der Waals surface area contributed by atoms with Crippen LogP contribution in [-0.2, 0) is 21.4 Å². The number of carbonyl (C=O) groups excluding carboxylic acids is 2. The first-order valence-electron chi connectivity index (χ1n) is 8.43. The van der Waals surface area contributed by atoms with E-state index in [1.54, 1.807) is 11.3 Å². The zero-order valence-corrected chi connectivity index (χ0v) is 14.5. The lowest BCUT2D eigenvalue weighted by molar-refractivity contribution is -0.119. The van der Waals surface area contributed by atoms with Gasteiger partial charge in [0.25, 0.3) is 0 Å². The summed E-state index contributed by atoms with van der Waals surface area (Å²) in [5.74, 6) is 0.264. The van der Waals surface area contributed by atoms with Crippen molar-refractivity contribution in [1.29, 1.82) is 0 Å². The molecule has 1 aliphatic heterocycles. The molecule has 0 spiro atoms. The van der Waals surface area contributed by atoms with Crippen LogP contribution in [0.5, 0.6) is 0 Å². The van der Waals surface area contributed by atoms with E-state index in [9.17, 15) is 9.59 Å². The smallest absolute Gasteiger partial charge is 0.235 e. The summed E-state index contributed by atoms with van der Waals surface area (Å²) in [5, 5.41) is 5.12. The highest BCUT2D eigenvalue weighted by Gasteiger charge is 2.52. The largest absolute Gasteiger partial charge is 0.325 e. The van der Waals surface area contributed by atoms with Crippen LogP contribution in [0.25, 0.3) is 0 Å². The SMILES string of the molecule is CCN1C(=O)CCc2cc(NC(=O)C3(c4cccs4)CC3)ccc21. The lowest BCUT2D eigenvalue weighted by Crippen LogP contribution is -2.34. The second-order valence-corrected chi connectivity index (χ2v) is 7.44. The summed E-state index contributed by atoms with van der Waals surface area (Å²) in [4.78, 5) is 27.7. The number of thiophene rings is 1. The molecule has 0 bridgehead atoms. The zero-order chi connectivity index (χ0) is 16.7. The molecule has 2 aliphatic rings. The van der Waals surface area contributed by atoms with Crippen molar-refractivity contribution in [1.82, 2.24) is 0 Å². The molecule has 1 aromatic heterocycles. The highest BCUT2D eigenvalue weighted by Crippen LogP contribution is 2.50. The molecule has 2 amide bonds. The quantitative estimate of drug-likeness (QED) is 0.922. The Balaban J connectivity index is 1.56. The molecule has 1 aromatic carbocycles. The van der Waals surface area contributed by atoms with Gasteiger partial charge in [0.2, 0.25) is 11.8 Å². The molecule has 2 aromatic rings. The van der Waals surface area contributed by atoms with E-state index in [0.717, 1.165) is 41.1 Å². The molecule has 1 aliphatic carbocycles. The predicted molar refractivity (Wildman–Crippen MR) is 96.7 cm³/mol. The number of fused-ring (bicyclic) bond motifs is 1. The van der Waals surface area contributed by atoms with E-state index >= 15 is 0 Å². The van der Waals surface area contributed by atoms with Crippen LogP contribution in [-0.4, -0.2) is 18.4 Å². The molecule has 0 atom stereocenters. The number of nitrogens with zero attached hydrogens (tertiary/aromatic N) is 1. The lowest BCUT2D eigenvalue weighted by atomic mass is 9.99. The molecule has 0 saturated heterocycles. The van der Waals surface area contributed by atoms with Gasteiger partial charge in [0.1, 0.15) is 0 Å². The van der Waals surface area contributed by atoms with Gasteiger partial charge in [0.15, 0.2) is 0 Å². The molecule has 0 unspecified atom stereocenters. The van der Waals surface area contributed by atoms with Crippen molar-refractivity contribution in [3.8, 4) is 0 Å². The Morgan fingerprint density at radius 2 is 2.12 bits per heavy atom. The first-order chi connectivity index (χ1) is 11.6. The molecule has 24 heavy (non-hydrogen) atoms. The fourth-order valence-corrected chi connectivity index (χ4v) is 4.48. The van der Waals surface area contributed by atoms with Crippen LogP contribution in [0.3, 0.4) is 0 Å². The van der Waals surface area contributed by atoms with Gasteiger partial charge in [0, 0.05) is 29.2 Å². The average Bonchev–Trinajstić information content (AvgIpc) is 3.22. The molecular formula is C19H20N2O2S. The number of hydrogen-bond acceptors (Lipinski definition) is 3. The molecule has 5 heteroatoms. The first kappa shape index (κ1) is 15.4. The fourth-order valence-electron chi connectivity index (χ4n) is 3.50. The minimum Gasteiger partial charge on any atom is -0.325 e. The van der Waals surface area contributed by atoms with E-state index < -0.39 is 0 Å². The Hall–Kier alpha value is -2.14. The highest BCUT2D eigenvalue weighted by molar-refractivity contribution is 7.10. The van der Waals surface area contributed by atoms with Crippen LogP contribution in [0.15, 0.2) is 35.7 Å². The van der Waals surface area contributed by atoms with Crippen LogP contribution >= 0.6 is 11.3 Å². The first-order valence-corrected chi connectivity index (χ1v) is 9.31. The summed E-state index contributed by atoms with van der Waals surface area (Å²) in [6, 6.07) is 9.93. The number of rotatable bonds is 4. The number of nitrogens with one attached hydrogen (secondary N) is 1. The third kappa shape index (κ3) is 2.44. The molecule has 4 nitrogen and oxygen atoms in total. The monoisotopic (exact) mass is 340 g/mol. The summed E-state index contributed by atoms with van der Waals surface area (Å²) >= 11 is 1.65. The van der Waals surface area contributed by atoms with Crippen molar-refractivity contribution in [2.45, 2.75) is 38.0 Å². The van der Waals surface area contributed by atoms with Gasteiger partial charge in [0.05, 0.1) is 5.41 Å². The zero-order valence-electron chi connectivity index (χ0n) is 13.7. The van der Waals surface area contributed by atoms with E-state index in [0.29, 0.717) is 13.0 Å². The highest BCUT2D eigenvalue weighted by atomic mass is 32.1. The van der Waals surface area contributed by atoms with E-state index in [4.69, 9.17) is 0 Å². The molecule has 1 N–H and O–H groups in total. The van der Waals surface area contributed by atoms with Gasteiger partial charge in [-0.15, -0.1) is 11.3 Å². The summed E-state index contributed by atoms with van der Waals surface area (Å²) in [7, 11) is 0. The van der Waals surface area contributed by atoms with Gasteiger partial charge in [-0.25, -0.2) is 0 Å². The Morgan fingerprint density at radius 3 is 2.79 bits per heavy atom. The average molecular weight is 340 g/mol. The van der Waals surface area contributed by atoms with Gasteiger partial charge in [-0.3, -0.25) is 9.59 Å². The number of aryl methyl sites for hydroxylation is 1. The topological polar surface area (TPSA) is 49.4 Å². The van der Waals surface area contributed by atoms with Crippen molar-refractivity contribution < 1.29 is 9.59 Å². The number of carbonyl (C=O) groups is 2. The Morgan fingerprint density at radius 1 is 1.29 bits per heavy atom. The van der Waals surface area contributed by atoms with Gasteiger partial charge in [-0.05, 0) is 61.4 Å². The number of hydrogen-bond donors (Lipinski definition) is 1. The number of anilines is 2. The predicted octanol–water partition coefficient (Wildman–Crippen LogP) is 3.72. The number of amides is 2. The minimum absolute atomic E-state index is 0.0872. The third-order valence-electron chi connectivity index (χ3n) is 5.03. The van der Waals surface area contributed by atoms with Gasteiger partial charge < -0.3 is 10.2 Å². The lowest BCUT2D eigenvalue weighted by Gasteiger charge is -2.28. The summed E-state index contributed by atoms with van der Waals surface area (Å²) in [6.07, 6.45) is 3.12. The second kappa shape index (κ2) is 5.74. The van der Waals surface area contributed by atoms with Crippen molar-refractivity contribution in [2.24, 2.45) is 0 Å². The fraction of sp³-hybridized carbons (Fsp3) is 0.368. The van der Waals surface area contributed by atoms with Crippen LogP contribution in [0, 0.1) is 0 Å². The molecule has 2 heterocycles. The van der Waals surface area contributed by atoms with E-state index in [-0.39, 0.29) is 17.2 Å². The van der Waals surface area contributed by atoms with Crippen molar-refractivity contribution in [3.05, 3.63) is 46.2 Å². The maximum absolute atomic E-state index is 12.8. The van der Waals surface area contributed by atoms with Gasteiger partial charge in [-0.2, -0.15) is 0 Å². The van der Waals surface area contributed by atoms with Crippen LogP contribution in [0.2, 0.25) is 0 Å². The molecular weight excluding hydrogens is 320 g/mol. The van der Waals surface area contributed by atoms with E-state index in [1.165, 1.54) is 0 Å². The van der Waals surface area contributed by atoms with Crippen LogP contribution in [0.4, 0.5) is 11.4 Å². The van der Waals surface area contributed by atoms with Gasteiger partial charge in [-0.1, -0.05) is 6.07 Å². The van der Waals surface area contributed by atoms with Crippen molar-refractivity contribution >= 4 is 34.5 Å². The van der Waals surface area contributed by atoms with Crippen molar-refractivity contribution in [2.75, 3.05) is 16.8 Å². The van der Waals surface area contributed by atoms with Crippen LogP contribution < -0.4 is 10.2 Å². The number of benzene rings is 1. The molecule has 124 valence electrons. The van der Waals surface area contributed by atoms with Gasteiger partial charge >= 0.3 is 0 Å². The summed E-state index contributed by atoms with van der Waals surface area (Å²) in [6.45, 7) is 2.67. The van der Waals surface area contributed by atoms with E-state index in [1.807, 2.05) is 41.5 Å². The Kier molecular flexibility index (Phi) is 3.68. The standard InChI is InChI=1S/C19H20N2O2S/c1-2-21-15-7-6-14(12-13(15)5-8-17(21)22)20-18(23)19(9-10-19)16-4-3-11-24-16/h3-4,6-7,11-12H,2,5,8-10H2,1H3,(H,20,23).